The van der Waals surface area contributed by atoms with Crippen molar-refractivity contribution >= 4 is 0 Å². The van der Waals surface area contributed by atoms with E-state index in [-0.39, 0.29) is 10.8 Å². The highest BCUT2D eigenvalue weighted by molar-refractivity contribution is 5.48. The summed E-state index contributed by atoms with van der Waals surface area (Å²) >= 11 is 0. The van der Waals surface area contributed by atoms with E-state index in [1.807, 2.05) is 25.2 Å². The first kappa shape index (κ1) is 20.5. The molecule has 3 rings (SSSR count). The van der Waals surface area contributed by atoms with Gasteiger partial charge in [0.25, 0.3) is 0 Å². The van der Waals surface area contributed by atoms with Gasteiger partial charge >= 0.3 is 0 Å². The van der Waals surface area contributed by atoms with Crippen molar-refractivity contribution in [3.8, 4) is 11.8 Å². The van der Waals surface area contributed by atoms with Crippen LogP contribution in [0.2, 0.25) is 0 Å². The van der Waals surface area contributed by atoms with Crippen molar-refractivity contribution in [1.82, 2.24) is 0 Å². The summed E-state index contributed by atoms with van der Waals surface area (Å²) in [5.41, 5.74) is 4.17. The van der Waals surface area contributed by atoms with E-state index in [0.29, 0.717) is 6.42 Å². The van der Waals surface area contributed by atoms with Crippen LogP contribution in [-0.4, -0.2) is 17.3 Å². The van der Waals surface area contributed by atoms with Crippen molar-refractivity contribution in [2.24, 2.45) is 0 Å². The monoisotopic (exact) mass is 352 g/mol. The molecule has 0 radical (unpaired) electrons. The highest BCUT2D eigenvalue weighted by atomic mass is 16.3. The van der Waals surface area contributed by atoms with Gasteiger partial charge in [0.05, 0.1) is 0 Å². The molecule has 2 nitrogen and oxygen atoms in total. The zero-order valence-electron chi connectivity index (χ0n) is 17.0. The number of rotatable bonds is 1. The van der Waals surface area contributed by atoms with E-state index < -0.39 is 5.60 Å². The van der Waals surface area contributed by atoms with Crippen LogP contribution in [-0.2, 0) is 16.4 Å². The third kappa shape index (κ3) is 3.80. The van der Waals surface area contributed by atoms with Gasteiger partial charge in [0.15, 0.2) is 0 Å². The topological polar surface area (TPSA) is 40.5 Å². The molecule has 0 heterocycles. The molecule has 2 N–H and O–H groups in total. The van der Waals surface area contributed by atoms with Crippen molar-refractivity contribution < 1.29 is 10.2 Å². The molecule has 2 aliphatic carbocycles. The van der Waals surface area contributed by atoms with Crippen molar-refractivity contribution in [3.05, 3.63) is 58.7 Å². The lowest BCUT2D eigenvalue weighted by Gasteiger charge is -2.42. The molecule has 1 aromatic carbocycles. The minimum atomic E-state index is -0.958. The fraction of sp³-hybridized carbons (Fsp3) is 0.500. The van der Waals surface area contributed by atoms with Gasteiger partial charge in [0.2, 0.25) is 0 Å². The fourth-order valence-electron chi connectivity index (χ4n) is 4.03. The Morgan fingerprint density at radius 1 is 0.962 bits per heavy atom. The summed E-state index contributed by atoms with van der Waals surface area (Å²) in [4.78, 5) is 0. The quantitative estimate of drug-likeness (QED) is 0.717. The lowest BCUT2D eigenvalue weighted by molar-refractivity contribution is 0.0893. The second-order valence-electron chi connectivity index (χ2n) is 8.56. The predicted octanol–water partition coefficient (Wildman–Crippen LogP) is 4.74. The van der Waals surface area contributed by atoms with Gasteiger partial charge in [-0.1, -0.05) is 64.0 Å². The number of aliphatic hydroxyl groups is 2. The Kier molecular flexibility index (Phi) is 5.85. The summed E-state index contributed by atoms with van der Waals surface area (Å²) in [5, 5.41) is 18.2. The molecule has 140 valence electrons. The molecule has 2 heteroatoms. The normalized spacial score (nSPS) is 25.0. The molecular weight excluding hydrogens is 320 g/mol. The Balaban J connectivity index is 0.00000117. The van der Waals surface area contributed by atoms with Gasteiger partial charge < -0.3 is 10.2 Å². The highest BCUT2D eigenvalue weighted by Gasteiger charge is 2.38. The molecule has 1 unspecified atom stereocenters. The molecule has 1 atom stereocenters. The van der Waals surface area contributed by atoms with Crippen LogP contribution in [0.15, 0.2) is 42.0 Å². The Labute approximate surface area is 158 Å². The predicted molar refractivity (Wildman–Crippen MR) is 109 cm³/mol. The van der Waals surface area contributed by atoms with Crippen LogP contribution in [0.1, 0.15) is 70.6 Å². The largest absolute Gasteiger partial charge is 0.400 e. The van der Waals surface area contributed by atoms with Gasteiger partial charge in [-0.2, -0.15) is 0 Å². The molecule has 0 aliphatic heterocycles. The molecule has 0 spiro atoms. The van der Waals surface area contributed by atoms with Crippen LogP contribution in [0.5, 0.6) is 0 Å². The second-order valence-corrected chi connectivity index (χ2v) is 8.56. The maximum atomic E-state index is 11.2. The van der Waals surface area contributed by atoms with Gasteiger partial charge in [-0.15, -0.1) is 5.92 Å². The molecule has 0 saturated carbocycles. The Morgan fingerprint density at radius 3 is 2.19 bits per heavy atom. The Morgan fingerprint density at radius 2 is 1.58 bits per heavy atom. The van der Waals surface area contributed by atoms with Crippen LogP contribution in [0.3, 0.4) is 0 Å². The SMILES string of the molecule is CC#CC1=CC=CC(O)(c2ccc3c(c2)C(C)(C)CCC3(C)C)C1.CO. The molecule has 2 aliphatic rings. The minimum Gasteiger partial charge on any atom is -0.400 e. The van der Waals surface area contributed by atoms with Gasteiger partial charge in [-0.25, -0.2) is 0 Å². The summed E-state index contributed by atoms with van der Waals surface area (Å²) in [6, 6.07) is 6.58. The summed E-state index contributed by atoms with van der Waals surface area (Å²) in [7, 11) is 1.00. The van der Waals surface area contributed by atoms with E-state index >= 15 is 0 Å². The Hall–Kier alpha value is -1.82. The number of allylic oxidation sites excluding steroid dienone is 2. The second kappa shape index (κ2) is 7.43. The zero-order valence-corrected chi connectivity index (χ0v) is 17.0. The molecule has 0 amide bonds. The third-order valence-electron chi connectivity index (χ3n) is 5.77. The Bertz CT molecular complexity index is 784. The number of hydrogen-bond donors (Lipinski definition) is 2. The molecule has 0 aromatic heterocycles. The summed E-state index contributed by atoms with van der Waals surface area (Å²) in [6.07, 6.45) is 8.75. The van der Waals surface area contributed by atoms with E-state index in [4.69, 9.17) is 5.11 Å². The van der Waals surface area contributed by atoms with Gasteiger partial charge in [-0.3, -0.25) is 0 Å². The van der Waals surface area contributed by atoms with Crippen LogP contribution in [0, 0.1) is 11.8 Å². The number of fused-ring (bicyclic) bond motifs is 1. The smallest absolute Gasteiger partial charge is 0.113 e. The molecule has 0 bridgehead atoms. The molecule has 0 fully saturated rings. The number of benzene rings is 1. The fourth-order valence-corrected chi connectivity index (χ4v) is 4.03. The molecular formula is C24H32O2. The van der Waals surface area contributed by atoms with E-state index in [2.05, 4.69) is 57.7 Å². The summed E-state index contributed by atoms with van der Waals surface area (Å²) < 4.78 is 0. The van der Waals surface area contributed by atoms with Crippen LogP contribution in [0.25, 0.3) is 0 Å². The van der Waals surface area contributed by atoms with E-state index in [0.717, 1.165) is 18.2 Å². The van der Waals surface area contributed by atoms with Crippen LogP contribution < -0.4 is 0 Å². The maximum absolute atomic E-state index is 11.2. The van der Waals surface area contributed by atoms with Crippen LogP contribution >= 0.6 is 0 Å². The van der Waals surface area contributed by atoms with Crippen molar-refractivity contribution in [2.75, 3.05) is 7.11 Å². The standard InChI is InChI=1S/C23H28O.CH4O/c1-6-8-17-9-7-12-23(24,16-17)18-10-11-19-20(15-18)22(4,5)14-13-21(19,2)3;1-2/h7,9-12,15,24H,13-14,16H2,1-5H3;2H,1H3. The first-order valence-electron chi connectivity index (χ1n) is 9.32. The number of hydrogen-bond acceptors (Lipinski definition) is 2. The molecule has 0 saturated heterocycles. The van der Waals surface area contributed by atoms with Gasteiger partial charge in [0, 0.05) is 19.1 Å². The lowest BCUT2D eigenvalue weighted by Crippen LogP contribution is -2.35. The summed E-state index contributed by atoms with van der Waals surface area (Å²) in [6.45, 7) is 11.1. The van der Waals surface area contributed by atoms with Crippen molar-refractivity contribution in [2.45, 2.75) is 70.3 Å². The average molecular weight is 353 g/mol. The van der Waals surface area contributed by atoms with Gasteiger partial charge in [-0.05, 0) is 53.4 Å². The molecule has 26 heavy (non-hydrogen) atoms. The van der Waals surface area contributed by atoms with Gasteiger partial charge in [0.1, 0.15) is 5.60 Å². The first-order chi connectivity index (χ1) is 12.2. The van der Waals surface area contributed by atoms with E-state index in [1.165, 1.54) is 24.0 Å². The summed E-state index contributed by atoms with van der Waals surface area (Å²) in [5.74, 6) is 6.04. The van der Waals surface area contributed by atoms with Crippen molar-refractivity contribution in [1.29, 1.82) is 0 Å². The number of aliphatic hydroxyl groups excluding tert-OH is 1. The lowest BCUT2D eigenvalue weighted by atomic mass is 9.62. The van der Waals surface area contributed by atoms with Crippen LogP contribution in [0.4, 0.5) is 0 Å². The first-order valence-corrected chi connectivity index (χ1v) is 9.32. The zero-order chi connectivity index (χ0) is 19.6. The molecule has 1 aromatic rings. The van der Waals surface area contributed by atoms with E-state index in [1.54, 1.807) is 0 Å². The average Bonchev–Trinajstić information content (AvgIpc) is 2.61. The highest BCUT2D eigenvalue weighted by Crippen LogP contribution is 2.47. The maximum Gasteiger partial charge on any atom is 0.113 e. The van der Waals surface area contributed by atoms with Crippen molar-refractivity contribution in [3.63, 3.8) is 0 Å². The van der Waals surface area contributed by atoms with E-state index in [9.17, 15) is 5.11 Å². The minimum absolute atomic E-state index is 0.150. The third-order valence-corrected chi connectivity index (χ3v) is 5.77.